The lowest BCUT2D eigenvalue weighted by Gasteiger charge is -2.18. The number of allylic oxidation sites excluding steroid dienone is 16. The van der Waals surface area contributed by atoms with Gasteiger partial charge in [-0.3, -0.25) is 14.4 Å². The maximum Gasteiger partial charge on any atom is 0.306 e. The summed E-state index contributed by atoms with van der Waals surface area (Å²) in [5, 5.41) is 0. The van der Waals surface area contributed by atoms with Gasteiger partial charge in [0.1, 0.15) is 13.2 Å². The van der Waals surface area contributed by atoms with E-state index in [9.17, 15) is 14.4 Å². The Morgan fingerprint density at radius 1 is 0.253 bits per heavy atom. The molecule has 0 radical (unpaired) electrons. The van der Waals surface area contributed by atoms with Gasteiger partial charge in [-0.25, -0.2) is 0 Å². The van der Waals surface area contributed by atoms with E-state index in [1.807, 2.05) is 0 Å². The van der Waals surface area contributed by atoms with Crippen LogP contribution < -0.4 is 0 Å². The van der Waals surface area contributed by atoms with Gasteiger partial charge >= 0.3 is 17.9 Å². The molecule has 0 aromatic heterocycles. The van der Waals surface area contributed by atoms with E-state index >= 15 is 0 Å². The molecule has 0 aliphatic heterocycles. The minimum absolute atomic E-state index is 0.101. The molecule has 1 atom stereocenters. The first-order valence-corrected chi connectivity index (χ1v) is 35.7. The van der Waals surface area contributed by atoms with Gasteiger partial charge in [-0.15, -0.1) is 0 Å². The minimum atomic E-state index is -0.813. The van der Waals surface area contributed by atoms with Crippen LogP contribution in [0.4, 0.5) is 0 Å². The molecule has 6 nitrogen and oxygen atoms in total. The molecule has 0 aromatic carbocycles. The monoisotopic (exact) mass is 1160 g/mol. The van der Waals surface area contributed by atoms with Gasteiger partial charge < -0.3 is 14.2 Å². The molecule has 0 aliphatic rings. The molecule has 0 saturated carbocycles. The van der Waals surface area contributed by atoms with Crippen LogP contribution in [0.1, 0.15) is 355 Å². The second-order valence-corrected chi connectivity index (χ2v) is 23.7. The number of carbonyl (C=O) groups excluding carboxylic acids is 3. The zero-order valence-corrected chi connectivity index (χ0v) is 54.9. The summed E-state index contributed by atoms with van der Waals surface area (Å²) in [7, 11) is 0. The van der Waals surface area contributed by atoms with E-state index in [4.69, 9.17) is 14.2 Å². The smallest absolute Gasteiger partial charge is 0.306 e. The van der Waals surface area contributed by atoms with Crippen molar-refractivity contribution in [1.29, 1.82) is 0 Å². The highest BCUT2D eigenvalue weighted by molar-refractivity contribution is 5.71. The topological polar surface area (TPSA) is 78.9 Å². The number of ether oxygens (including phenoxy) is 3. The lowest BCUT2D eigenvalue weighted by molar-refractivity contribution is -0.167. The molecular formula is C77H134O6. The third-order valence-electron chi connectivity index (χ3n) is 15.6. The second-order valence-electron chi connectivity index (χ2n) is 23.7. The number of rotatable bonds is 65. The van der Waals surface area contributed by atoms with Crippen LogP contribution in [-0.2, 0) is 28.6 Å². The van der Waals surface area contributed by atoms with Crippen LogP contribution in [0.3, 0.4) is 0 Å². The normalized spacial score (nSPS) is 12.7. The highest BCUT2D eigenvalue weighted by atomic mass is 16.6. The van der Waals surface area contributed by atoms with E-state index in [0.717, 1.165) is 103 Å². The van der Waals surface area contributed by atoms with Crippen molar-refractivity contribution in [1.82, 2.24) is 0 Å². The molecule has 0 fully saturated rings. The fourth-order valence-electron chi connectivity index (χ4n) is 10.3. The average Bonchev–Trinajstić information content (AvgIpc) is 3.50. The van der Waals surface area contributed by atoms with Crippen molar-refractivity contribution in [2.75, 3.05) is 13.2 Å². The van der Waals surface area contributed by atoms with E-state index in [1.165, 1.54) is 205 Å². The number of hydrogen-bond acceptors (Lipinski definition) is 6. The summed E-state index contributed by atoms with van der Waals surface area (Å²) in [5.41, 5.74) is 0. The fourth-order valence-corrected chi connectivity index (χ4v) is 10.3. The highest BCUT2D eigenvalue weighted by Gasteiger charge is 2.19. The van der Waals surface area contributed by atoms with E-state index in [0.29, 0.717) is 19.3 Å². The van der Waals surface area contributed by atoms with Gasteiger partial charge in [0.2, 0.25) is 0 Å². The molecule has 0 aromatic rings. The molecule has 0 aliphatic carbocycles. The Morgan fingerprint density at radius 2 is 0.482 bits per heavy atom. The van der Waals surface area contributed by atoms with Crippen LogP contribution in [0, 0.1) is 0 Å². The Bertz CT molecular complexity index is 1610. The quantitative estimate of drug-likeness (QED) is 0.0261. The molecular weight excluding hydrogens is 1020 g/mol. The molecule has 6 heteroatoms. The zero-order valence-electron chi connectivity index (χ0n) is 54.9. The number of carbonyl (C=O) groups is 3. The predicted octanol–water partition coefficient (Wildman–Crippen LogP) is 24.8. The van der Waals surface area contributed by atoms with Crippen molar-refractivity contribution in [3.8, 4) is 0 Å². The van der Waals surface area contributed by atoms with Crippen molar-refractivity contribution >= 4 is 17.9 Å². The molecule has 0 rings (SSSR count). The molecule has 0 heterocycles. The van der Waals surface area contributed by atoms with Crippen LogP contribution in [0.25, 0.3) is 0 Å². The maximum atomic E-state index is 12.9. The van der Waals surface area contributed by atoms with E-state index in [2.05, 4.69) is 118 Å². The number of unbranched alkanes of at least 4 members (excludes halogenated alkanes) is 38. The van der Waals surface area contributed by atoms with Crippen LogP contribution in [0.2, 0.25) is 0 Å². The third kappa shape index (κ3) is 69.0. The first-order valence-electron chi connectivity index (χ1n) is 35.7. The SMILES string of the molecule is CC/C=C\C/C=C\C/C=C\C/C=C\C/C=C\CCCC(=O)OC(COC(=O)CCCCCCCCC/C=C\C/C=C\C/C=C\CC)COC(=O)CCCCCCCCCCCCCCCCCCCCCCCCCCCCCCCCC. The molecule has 83 heavy (non-hydrogen) atoms. The minimum Gasteiger partial charge on any atom is -0.462 e. The van der Waals surface area contributed by atoms with Crippen molar-refractivity contribution in [2.24, 2.45) is 0 Å². The first kappa shape index (κ1) is 79.3. The number of hydrogen-bond donors (Lipinski definition) is 0. The summed E-state index contributed by atoms with van der Waals surface area (Å²) in [6.07, 6.45) is 96.1. The first-order chi connectivity index (χ1) is 41.0. The van der Waals surface area contributed by atoms with Crippen LogP contribution in [-0.4, -0.2) is 37.2 Å². The Morgan fingerprint density at radius 3 is 0.771 bits per heavy atom. The Labute approximate surface area is 515 Å². The average molecular weight is 1160 g/mol. The van der Waals surface area contributed by atoms with Crippen LogP contribution in [0.5, 0.6) is 0 Å². The molecule has 478 valence electrons. The van der Waals surface area contributed by atoms with Crippen molar-refractivity contribution in [3.63, 3.8) is 0 Å². The zero-order chi connectivity index (χ0) is 59.9. The lowest BCUT2D eigenvalue weighted by Crippen LogP contribution is -2.30. The second kappa shape index (κ2) is 70.8. The standard InChI is InChI=1S/C77H134O6/c1-4-7-10-13-16-19-22-25-28-31-32-33-34-35-36-37-38-39-40-41-42-43-44-47-49-52-55-58-61-64-67-70-76(79)82-73-74(83-77(80)71-68-65-62-59-56-53-50-46-30-27-24-21-18-15-12-9-6-3)72-81-75(78)69-66-63-60-57-54-51-48-45-29-26-23-20-17-14-11-8-5-2/h8-9,11-12,17-18,20-21,26-27,29-30,50,53,59,62,74H,4-7,10,13-16,19,22-25,28,31-49,51-52,54-58,60-61,63-73H2,1-3H3/b11-8-,12-9-,20-17-,21-18-,29-26-,30-27-,53-50-,62-59-. The van der Waals surface area contributed by atoms with Gasteiger partial charge in [-0.05, 0) is 89.9 Å². The molecule has 0 N–H and O–H groups in total. The molecule has 0 spiro atoms. The van der Waals surface area contributed by atoms with Gasteiger partial charge in [0.25, 0.3) is 0 Å². The van der Waals surface area contributed by atoms with E-state index < -0.39 is 6.10 Å². The van der Waals surface area contributed by atoms with E-state index in [-0.39, 0.29) is 37.5 Å². The lowest BCUT2D eigenvalue weighted by atomic mass is 10.0. The third-order valence-corrected chi connectivity index (χ3v) is 15.6. The van der Waals surface area contributed by atoms with Gasteiger partial charge in [0, 0.05) is 19.3 Å². The summed E-state index contributed by atoms with van der Waals surface area (Å²) in [4.78, 5) is 38.4. The van der Waals surface area contributed by atoms with E-state index in [1.54, 1.807) is 0 Å². The summed E-state index contributed by atoms with van der Waals surface area (Å²) in [5.74, 6) is -0.956. The van der Waals surface area contributed by atoms with Crippen molar-refractivity contribution in [2.45, 2.75) is 361 Å². The summed E-state index contributed by atoms with van der Waals surface area (Å²) < 4.78 is 16.9. The van der Waals surface area contributed by atoms with Crippen molar-refractivity contribution in [3.05, 3.63) is 97.2 Å². The molecule has 0 amide bonds. The van der Waals surface area contributed by atoms with Crippen molar-refractivity contribution < 1.29 is 28.6 Å². The molecule has 0 bridgehead atoms. The van der Waals surface area contributed by atoms with Crippen LogP contribution >= 0.6 is 0 Å². The summed E-state index contributed by atoms with van der Waals surface area (Å²) in [6.45, 7) is 6.41. The Kier molecular flexibility index (Phi) is 67.7. The molecule has 0 saturated heterocycles. The molecule has 1 unspecified atom stereocenters. The van der Waals surface area contributed by atoms with Crippen LogP contribution in [0.15, 0.2) is 97.2 Å². The van der Waals surface area contributed by atoms with Gasteiger partial charge in [0.15, 0.2) is 6.10 Å². The largest absolute Gasteiger partial charge is 0.462 e. The van der Waals surface area contributed by atoms with Gasteiger partial charge in [-0.2, -0.15) is 0 Å². The Hall–Kier alpha value is -3.67. The highest BCUT2D eigenvalue weighted by Crippen LogP contribution is 2.18. The summed E-state index contributed by atoms with van der Waals surface area (Å²) >= 11 is 0. The van der Waals surface area contributed by atoms with Gasteiger partial charge in [0.05, 0.1) is 0 Å². The Balaban J connectivity index is 4.26. The maximum absolute atomic E-state index is 12.9. The summed E-state index contributed by atoms with van der Waals surface area (Å²) in [6, 6.07) is 0. The predicted molar refractivity (Wildman–Crippen MR) is 362 cm³/mol. The number of esters is 3. The fraction of sp³-hybridized carbons (Fsp3) is 0.753. The van der Waals surface area contributed by atoms with Gasteiger partial charge in [-0.1, -0.05) is 343 Å².